The van der Waals surface area contributed by atoms with Crippen molar-refractivity contribution >= 4 is 21.7 Å². The second kappa shape index (κ2) is 4.17. The van der Waals surface area contributed by atoms with Crippen molar-refractivity contribution in [3.8, 4) is 0 Å². The number of rotatable bonds is 2. The van der Waals surface area contributed by atoms with Crippen LogP contribution in [0.2, 0.25) is 0 Å². The molecule has 0 spiro atoms. The Hall–Kier alpha value is -1.49. The van der Waals surface area contributed by atoms with Gasteiger partial charge >= 0.3 is 0 Å². The first kappa shape index (κ1) is 11.0. The van der Waals surface area contributed by atoms with E-state index < -0.39 is 5.82 Å². The molecule has 2 rings (SSSR count). The Morgan fingerprint density at radius 2 is 2.19 bits per heavy atom. The van der Waals surface area contributed by atoms with Crippen LogP contribution in [0.1, 0.15) is 16.1 Å². The van der Waals surface area contributed by atoms with Gasteiger partial charge in [-0.05, 0) is 34.1 Å². The summed E-state index contributed by atoms with van der Waals surface area (Å²) in [6.07, 6.45) is 1.50. The van der Waals surface area contributed by atoms with Crippen LogP contribution in [-0.4, -0.2) is 15.6 Å². The summed E-state index contributed by atoms with van der Waals surface area (Å²) in [5.41, 5.74) is 0.398. The van der Waals surface area contributed by atoms with Crippen LogP contribution < -0.4 is 0 Å². The summed E-state index contributed by atoms with van der Waals surface area (Å²) in [5.74, 6) is -0.924. The molecule has 0 amide bonds. The fourth-order valence-electron chi connectivity index (χ4n) is 1.41. The summed E-state index contributed by atoms with van der Waals surface area (Å²) >= 11 is 3.05. The lowest BCUT2D eigenvalue weighted by atomic mass is 10.1. The van der Waals surface area contributed by atoms with Crippen molar-refractivity contribution < 1.29 is 9.18 Å². The molecule has 0 aliphatic rings. The average Bonchev–Trinajstić information content (AvgIpc) is 2.68. The molecule has 0 saturated carbocycles. The number of aromatic nitrogens is 2. The SMILES string of the molecule is Cn1nccc1C(=O)c1cccc(Br)c1F. The number of aryl methyl sites for hydroxylation is 1. The molecule has 1 heterocycles. The fourth-order valence-corrected chi connectivity index (χ4v) is 1.78. The highest BCUT2D eigenvalue weighted by Crippen LogP contribution is 2.20. The number of benzene rings is 1. The maximum absolute atomic E-state index is 13.7. The number of carbonyl (C=O) groups is 1. The Morgan fingerprint density at radius 1 is 1.44 bits per heavy atom. The van der Waals surface area contributed by atoms with Gasteiger partial charge in [-0.25, -0.2) is 4.39 Å². The Balaban J connectivity index is 2.50. The second-order valence-corrected chi connectivity index (χ2v) is 4.12. The minimum absolute atomic E-state index is 0.0398. The Morgan fingerprint density at radius 3 is 2.81 bits per heavy atom. The van der Waals surface area contributed by atoms with Crippen molar-refractivity contribution in [3.63, 3.8) is 0 Å². The van der Waals surface area contributed by atoms with Crippen LogP contribution >= 0.6 is 15.9 Å². The smallest absolute Gasteiger partial charge is 0.213 e. The summed E-state index contributed by atoms with van der Waals surface area (Å²) in [7, 11) is 1.64. The molecule has 0 unspecified atom stereocenters. The van der Waals surface area contributed by atoms with Crippen molar-refractivity contribution in [1.82, 2.24) is 9.78 Å². The monoisotopic (exact) mass is 282 g/mol. The number of hydrogen-bond donors (Lipinski definition) is 0. The lowest BCUT2D eigenvalue weighted by Crippen LogP contribution is -2.10. The Labute approximate surface area is 100 Å². The highest BCUT2D eigenvalue weighted by molar-refractivity contribution is 9.10. The minimum Gasteiger partial charge on any atom is -0.287 e. The molecule has 3 nitrogen and oxygen atoms in total. The minimum atomic E-state index is -0.547. The molecule has 0 bridgehead atoms. The van der Waals surface area contributed by atoms with Gasteiger partial charge in [0.2, 0.25) is 5.78 Å². The lowest BCUT2D eigenvalue weighted by Gasteiger charge is -2.04. The second-order valence-electron chi connectivity index (χ2n) is 3.27. The molecule has 1 aromatic heterocycles. The average molecular weight is 283 g/mol. The third-order valence-electron chi connectivity index (χ3n) is 2.25. The Bertz CT molecular complexity index is 551. The molecule has 0 aliphatic carbocycles. The van der Waals surface area contributed by atoms with E-state index in [2.05, 4.69) is 21.0 Å². The van der Waals surface area contributed by atoms with Gasteiger partial charge in [0.15, 0.2) is 0 Å². The number of nitrogens with zero attached hydrogens (tertiary/aromatic N) is 2. The van der Waals surface area contributed by atoms with E-state index in [1.165, 1.54) is 16.9 Å². The summed E-state index contributed by atoms with van der Waals surface area (Å²) in [5, 5.41) is 3.88. The normalized spacial score (nSPS) is 10.4. The van der Waals surface area contributed by atoms with Crippen molar-refractivity contribution in [1.29, 1.82) is 0 Å². The van der Waals surface area contributed by atoms with Crippen LogP contribution in [0.5, 0.6) is 0 Å². The van der Waals surface area contributed by atoms with E-state index in [1.54, 1.807) is 25.2 Å². The topological polar surface area (TPSA) is 34.9 Å². The zero-order valence-electron chi connectivity index (χ0n) is 8.45. The molecule has 16 heavy (non-hydrogen) atoms. The van der Waals surface area contributed by atoms with Crippen LogP contribution in [0.4, 0.5) is 4.39 Å². The predicted molar refractivity (Wildman–Crippen MR) is 60.7 cm³/mol. The predicted octanol–water partition coefficient (Wildman–Crippen LogP) is 2.55. The molecule has 0 N–H and O–H groups in total. The number of hydrogen-bond acceptors (Lipinski definition) is 2. The molecular weight excluding hydrogens is 275 g/mol. The molecule has 2 aromatic rings. The first-order valence-electron chi connectivity index (χ1n) is 4.58. The van der Waals surface area contributed by atoms with Gasteiger partial charge in [-0.3, -0.25) is 9.48 Å². The van der Waals surface area contributed by atoms with E-state index in [-0.39, 0.29) is 15.8 Å². The third kappa shape index (κ3) is 1.78. The summed E-state index contributed by atoms with van der Waals surface area (Å²) in [6, 6.07) is 6.18. The standard InChI is InChI=1S/C11H8BrFN2O/c1-15-9(5-6-14-15)11(16)7-3-2-4-8(12)10(7)13/h2-6H,1H3. The van der Waals surface area contributed by atoms with E-state index >= 15 is 0 Å². The van der Waals surface area contributed by atoms with Crippen LogP contribution in [-0.2, 0) is 7.05 Å². The van der Waals surface area contributed by atoms with Crippen LogP contribution in [0, 0.1) is 5.82 Å². The highest BCUT2D eigenvalue weighted by Gasteiger charge is 2.17. The van der Waals surface area contributed by atoms with Gasteiger partial charge in [-0.2, -0.15) is 5.10 Å². The largest absolute Gasteiger partial charge is 0.287 e. The molecule has 0 radical (unpaired) electrons. The van der Waals surface area contributed by atoms with Gasteiger partial charge in [-0.15, -0.1) is 0 Å². The quantitative estimate of drug-likeness (QED) is 0.794. The third-order valence-corrected chi connectivity index (χ3v) is 2.86. The maximum Gasteiger partial charge on any atom is 0.213 e. The maximum atomic E-state index is 13.7. The molecule has 1 aromatic carbocycles. The van der Waals surface area contributed by atoms with Crippen LogP contribution in [0.15, 0.2) is 34.9 Å². The molecule has 0 atom stereocenters. The first-order chi connectivity index (χ1) is 7.61. The van der Waals surface area contributed by atoms with E-state index in [4.69, 9.17) is 0 Å². The fraction of sp³-hybridized carbons (Fsp3) is 0.0909. The molecular formula is C11H8BrFN2O. The van der Waals surface area contributed by atoms with E-state index in [0.717, 1.165) is 0 Å². The molecule has 0 aliphatic heterocycles. The van der Waals surface area contributed by atoms with Gasteiger partial charge in [0.05, 0.1) is 10.0 Å². The molecule has 82 valence electrons. The first-order valence-corrected chi connectivity index (χ1v) is 5.37. The van der Waals surface area contributed by atoms with E-state index in [1.807, 2.05) is 0 Å². The van der Waals surface area contributed by atoms with E-state index in [9.17, 15) is 9.18 Å². The van der Waals surface area contributed by atoms with Gasteiger partial charge in [0.25, 0.3) is 0 Å². The van der Waals surface area contributed by atoms with Crippen molar-refractivity contribution in [2.24, 2.45) is 7.05 Å². The number of halogens is 2. The number of ketones is 1. The summed E-state index contributed by atoms with van der Waals surface area (Å²) in [6.45, 7) is 0. The molecule has 0 saturated heterocycles. The van der Waals surface area contributed by atoms with Crippen LogP contribution in [0.3, 0.4) is 0 Å². The Kier molecular flexibility index (Phi) is 2.87. The molecule has 5 heteroatoms. The van der Waals surface area contributed by atoms with E-state index in [0.29, 0.717) is 5.69 Å². The highest BCUT2D eigenvalue weighted by atomic mass is 79.9. The summed E-state index contributed by atoms with van der Waals surface area (Å²) in [4.78, 5) is 12.0. The van der Waals surface area contributed by atoms with Gasteiger partial charge in [-0.1, -0.05) is 6.07 Å². The van der Waals surface area contributed by atoms with Crippen molar-refractivity contribution in [2.75, 3.05) is 0 Å². The zero-order chi connectivity index (χ0) is 11.7. The van der Waals surface area contributed by atoms with Crippen LogP contribution in [0.25, 0.3) is 0 Å². The van der Waals surface area contributed by atoms with Gasteiger partial charge in [0.1, 0.15) is 11.5 Å². The van der Waals surface area contributed by atoms with Gasteiger partial charge < -0.3 is 0 Å². The summed E-state index contributed by atoms with van der Waals surface area (Å²) < 4.78 is 15.4. The van der Waals surface area contributed by atoms with Crippen molar-refractivity contribution in [3.05, 3.63) is 52.0 Å². The zero-order valence-corrected chi connectivity index (χ0v) is 10.0. The lowest BCUT2D eigenvalue weighted by molar-refractivity contribution is 0.102. The molecule has 0 fully saturated rings. The van der Waals surface area contributed by atoms with Gasteiger partial charge in [0, 0.05) is 13.2 Å². The number of carbonyl (C=O) groups excluding carboxylic acids is 1. The van der Waals surface area contributed by atoms with Crippen molar-refractivity contribution in [2.45, 2.75) is 0 Å².